The molecule has 0 unspecified atom stereocenters. The summed E-state index contributed by atoms with van der Waals surface area (Å²) < 4.78 is 5.68. The summed E-state index contributed by atoms with van der Waals surface area (Å²) in [4.78, 5) is 13.9. The van der Waals surface area contributed by atoms with Crippen LogP contribution in [0, 0.1) is 0 Å². The molecule has 0 atom stereocenters. The SMILES string of the molecule is CCN(CC)C(=O)/C=C(\C)c1ccc(OCCc2ccccc2)c(O)c1. The van der Waals surface area contributed by atoms with Crippen LogP contribution < -0.4 is 4.74 Å². The number of amides is 1. The van der Waals surface area contributed by atoms with E-state index >= 15 is 0 Å². The molecule has 0 saturated carbocycles. The number of hydrogen-bond donors (Lipinski definition) is 1. The number of rotatable bonds is 8. The number of benzene rings is 2. The molecule has 2 aromatic carbocycles. The highest BCUT2D eigenvalue weighted by atomic mass is 16.5. The van der Waals surface area contributed by atoms with Crippen LogP contribution in [0.1, 0.15) is 31.9 Å². The zero-order valence-electron chi connectivity index (χ0n) is 15.7. The van der Waals surface area contributed by atoms with Crippen LogP contribution in [0.4, 0.5) is 0 Å². The number of aromatic hydroxyl groups is 1. The van der Waals surface area contributed by atoms with Gasteiger partial charge < -0.3 is 14.7 Å². The molecule has 1 N–H and O–H groups in total. The molecule has 1 amide bonds. The maximum Gasteiger partial charge on any atom is 0.246 e. The Labute approximate surface area is 155 Å². The zero-order chi connectivity index (χ0) is 18.9. The Bertz CT molecular complexity index is 749. The molecule has 0 aliphatic rings. The number of carbonyl (C=O) groups excluding carboxylic acids is 1. The van der Waals surface area contributed by atoms with Gasteiger partial charge in [0.15, 0.2) is 11.5 Å². The van der Waals surface area contributed by atoms with Gasteiger partial charge in [-0.3, -0.25) is 4.79 Å². The summed E-state index contributed by atoms with van der Waals surface area (Å²) in [5, 5.41) is 10.2. The second-order valence-corrected chi connectivity index (χ2v) is 6.10. The molecule has 0 aromatic heterocycles. The average molecular weight is 353 g/mol. The standard InChI is InChI=1S/C22H27NO3/c1-4-23(5-2)22(25)15-17(3)19-11-12-21(20(24)16-19)26-14-13-18-9-7-6-8-10-18/h6-12,15-16,24H,4-5,13-14H2,1-3H3/b17-15+. The van der Waals surface area contributed by atoms with Crippen LogP contribution in [-0.2, 0) is 11.2 Å². The van der Waals surface area contributed by atoms with Crippen molar-refractivity contribution in [2.75, 3.05) is 19.7 Å². The molecule has 138 valence electrons. The second kappa shape index (κ2) is 9.66. The van der Waals surface area contributed by atoms with Crippen LogP contribution in [0.2, 0.25) is 0 Å². The minimum absolute atomic E-state index is 0.0184. The Morgan fingerprint density at radius 1 is 1.12 bits per heavy atom. The number of nitrogens with zero attached hydrogens (tertiary/aromatic N) is 1. The van der Waals surface area contributed by atoms with Crippen LogP contribution >= 0.6 is 0 Å². The molecular formula is C22H27NO3. The first kappa shape index (κ1) is 19.6. The average Bonchev–Trinajstić information content (AvgIpc) is 2.64. The van der Waals surface area contributed by atoms with Gasteiger partial charge in [0.25, 0.3) is 0 Å². The van der Waals surface area contributed by atoms with E-state index in [1.54, 1.807) is 23.1 Å². The monoisotopic (exact) mass is 353 g/mol. The summed E-state index contributed by atoms with van der Waals surface area (Å²) in [6.45, 7) is 7.63. The highest BCUT2D eigenvalue weighted by Gasteiger charge is 2.09. The molecule has 0 fully saturated rings. The fraction of sp³-hybridized carbons (Fsp3) is 0.318. The van der Waals surface area contributed by atoms with Crippen LogP contribution in [0.15, 0.2) is 54.6 Å². The van der Waals surface area contributed by atoms with Crippen molar-refractivity contribution in [3.8, 4) is 11.5 Å². The van der Waals surface area contributed by atoms with Gasteiger partial charge in [-0.2, -0.15) is 0 Å². The molecule has 0 bridgehead atoms. The van der Waals surface area contributed by atoms with Crippen LogP contribution in [0.25, 0.3) is 5.57 Å². The van der Waals surface area contributed by atoms with Crippen molar-refractivity contribution in [3.63, 3.8) is 0 Å². The Hall–Kier alpha value is -2.75. The van der Waals surface area contributed by atoms with E-state index in [0.29, 0.717) is 25.4 Å². The minimum atomic E-state index is -0.0184. The third-order valence-corrected chi connectivity index (χ3v) is 4.32. The number of allylic oxidation sites excluding steroid dienone is 1. The van der Waals surface area contributed by atoms with Gasteiger partial charge in [-0.15, -0.1) is 0 Å². The number of likely N-dealkylation sites (N-methyl/N-ethyl adjacent to an activating group) is 1. The molecule has 0 spiro atoms. The van der Waals surface area contributed by atoms with Crippen molar-refractivity contribution in [2.45, 2.75) is 27.2 Å². The first-order chi connectivity index (χ1) is 12.5. The summed E-state index contributed by atoms with van der Waals surface area (Å²) in [6.07, 6.45) is 2.39. The Morgan fingerprint density at radius 2 is 1.81 bits per heavy atom. The maximum atomic E-state index is 12.2. The fourth-order valence-electron chi connectivity index (χ4n) is 2.70. The van der Waals surface area contributed by atoms with Crippen molar-refractivity contribution in [1.82, 2.24) is 4.90 Å². The van der Waals surface area contributed by atoms with E-state index in [4.69, 9.17) is 4.74 Å². The highest BCUT2D eigenvalue weighted by molar-refractivity contribution is 5.95. The van der Waals surface area contributed by atoms with E-state index in [0.717, 1.165) is 17.6 Å². The third kappa shape index (κ3) is 5.38. The van der Waals surface area contributed by atoms with Crippen LogP contribution in [0.3, 0.4) is 0 Å². The number of hydrogen-bond acceptors (Lipinski definition) is 3. The van der Waals surface area contributed by atoms with Gasteiger partial charge in [-0.05, 0) is 49.6 Å². The first-order valence-electron chi connectivity index (χ1n) is 9.02. The topological polar surface area (TPSA) is 49.8 Å². The lowest BCUT2D eigenvalue weighted by Crippen LogP contribution is -2.28. The summed E-state index contributed by atoms with van der Waals surface area (Å²) in [5.74, 6) is 0.515. The predicted molar refractivity (Wildman–Crippen MR) is 105 cm³/mol. The number of phenolic OH excluding ortho intramolecular Hbond substituents is 1. The van der Waals surface area contributed by atoms with E-state index in [1.807, 2.05) is 57.2 Å². The quantitative estimate of drug-likeness (QED) is 0.721. The van der Waals surface area contributed by atoms with Gasteiger partial charge in [-0.25, -0.2) is 0 Å². The highest BCUT2D eigenvalue weighted by Crippen LogP contribution is 2.29. The lowest BCUT2D eigenvalue weighted by atomic mass is 10.1. The summed E-state index contributed by atoms with van der Waals surface area (Å²) >= 11 is 0. The molecule has 0 radical (unpaired) electrons. The van der Waals surface area contributed by atoms with E-state index in [-0.39, 0.29) is 11.7 Å². The zero-order valence-corrected chi connectivity index (χ0v) is 15.7. The van der Waals surface area contributed by atoms with Gasteiger partial charge in [0.2, 0.25) is 5.91 Å². The van der Waals surface area contributed by atoms with Gasteiger partial charge >= 0.3 is 0 Å². The lowest BCUT2D eigenvalue weighted by molar-refractivity contribution is -0.125. The predicted octanol–water partition coefficient (Wildman–Crippen LogP) is 4.29. The third-order valence-electron chi connectivity index (χ3n) is 4.32. The van der Waals surface area contributed by atoms with Crippen molar-refractivity contribution < 1.29 is 14.6 Å². The molecule has 4 nitrogen and oxygen atoms in total. The van der Waals surface area contributed by atoms with E-state index in [1.165, 1.54) is 5.56 Å². The van der Waals surface area contributed by atoms with Crippen LogP contribution in [0.5, 0.6) is 11.5 Å². The summed E-state index contributed by atoms with van der Waals surface area (Å²) in [6, 6.07) is 15.3. The van der Waals surface area contributed by atoms with Gasteiger partial charge in [0.1, 0.15) is 0 Å². The second-order valence-electron chi connectivity index (χ2n) is 6.10. The molecule has 0 heterocycles. The number of phenols is 1. The number of carbonyl (C=O) groups is 1. The van der Waals surface area contributed by atoms with Gasteiger partial charge in [0, 0.05) is 25.6 Å². The Morgan fingerprint density at radius 3 is 2.42 bits per heavy atom. The number of ether oxygens (including phenoxy) is 1. The molecule has 0 saturated heterocycles. The molecule has 0 aliphatic heterocycles. The maximum absolute atomic E-state index is 12.2. The largest absolute Gasteiger partial charge is 0.504 e. The summed E-state index contributed by atoms with van der Waals surface area (Å²) in [7, 11) is 0. The van der Waals surface area contributed by atoms with Gasteiger partial charge in [-0.1, -0.05) is 36.4 Å². The van der Waals surface area contributed by atoms with Crippen molar-refractivity contribution in [3.05, 3.63) is 65.7 Å². The summed E-state index contributed by atoms with van der Waals surface area (Å²) in [5.41, 5.74) is 2.81. The van der Waals surface area contributed by atoms with E-state index in [2.05, 4.69) is 0 Å². The van der Waals surface area contributed by atoms with Crippen LogP contribution in [-0.4, -0.2) is 35.6 Å². The lowest BCUT2D eigenvalue weighted by Gasteiger charge is -2.17. The molecular weight excluding hydrogens is 326 g/mol. The van der Waals surface area contributed by atoms with E-state index < -0.39 is 0 Å². The van der Waals surface area contributed by atoms with Crippen molar-refractivity contribution in [1.29, 1.82) is 0 Å². The Balaban J connectivity index is 2.00. The molecule has 26 heavy (non-hydrogen) atoms. The van der Waals surface area contributed by atoms with Crippen molar-refractivity contribution in [2.24, 2.45) is 0 Å². The van der Waals surface area contributed by atoms with Gasteiger partial charge in [0.05, 0.1) is 6.61 Å². The Kier molecular flexibility index (Phi) is 7.27. The normalized spacial score (nSPS) is 11.3. The molecule has 0 aliphatic carbocycles. The molecule has 4 heteroatoms. The first-order valence-corrected chi connectivity index (χ1v) is 9.02. The molecule has 2 aromatic rings. The smallest absolute Gasteiger partial charge is 0.246 e. The molecule has 2 rings (SSSR count). The minimum Gasteiger partial charge on any atom is -0.504 e. The van der Waals surface area contributed by atoms with Crippen molar-refractivity contribution >= 4 is 11.5 Å². The van der Waals surface area contributed by atoms with E-state index in [9.17, 15) is 9.90 Å². The fourth-order valence-corrected chi connectivity index (χ4v) is 2.70.